The standard InChI is InChI=1S/C27H35F3N8O/c1-24(2)14-38(26-11-25(12-26,13-26)27(28,29)30)22-19(24)21(31-3)34-23(35-22)33-20-15-5-6-16(20)10-37(9-15)17-7-18(39-4)36-32-8-17/h7-8,15-16,20H,5-6,9-14H2,1-4H3,(H2,31,33,34,35). The van der Waals surface area contributed by atoms with Gasteiger partial charge in [-0.3, -0.25) is 0 Å². The topological polar surface area (TPSA) is 91.3 Å². The monoisotopic (exact) mass is 544 g/mol. The van der Waals surface area contributed by atoms with Crippen molar-refractivity contribution >= 4 is 23.3 Å². The third-order valence-corrected chi connectivity index (χ3v) is 10.1. The average molecular weight is 545 g/mol. The summed E-state index contributed by atoms with van der Waals surface area (Å²) in [4.78, 5) is 14.4. The Bertz CT molecular complexity index is 1280. The lowest BCUT2D eigenvalue weighted by Crippen LogP contribution is -2.79. The number of alkyl halides is 3. The zero-order valence-electron chi connectivity index (χ0n) is 22.8. The van der Waals surface area contributed by atoms with Crippen LogP contribution in [0.15, 0.2) is 12.3 Å². The smallest absolute Gasteiger partial charge is 0.394 e. The molecule has 4 aliphatic carbocycles. The molecule has 1 saturated heterocycles. The highest BCUT2D eigenvalue weighted by Crippen LogP contribution is 2.76. The molecule has 6 aliphatic rings. The molecule has 4 heterocycles. The molecule has 2 unspecified atom stereocenters. The molecule has 2 N–H and O–H groups in total. The highest BCUT2D eigenvalue weighted by molar-refractivity contribution is 5.71. The second kappa shape index (κ2) is 8.00. The van der Waals surface area contributed by atoms with Gasteiger partial charge in [0.05, 0.1) is 24.4 Å². The molecule has 210 valence electrons. The first kappa shape index (κ1) is 25.0. The summed E-state index contributed by atoms with van der Waals surface area (Å²) in [7, 11) is 3.44. The van der Waals surface area contributed by atoms with Gasteiger partial charge in [-0.2, -0.15) is 28.2 Å². The summed E-state index contributed by atoms with van der Waals surface area (Å²) in [5.74, 6) is 3.43. The Labute approximate surface area is 225 Å². The second-order valence-corrected chi connectivity index (χ2v) is 13.0. The number of nitrogens with zero attached hydrogens (tertiary/aromatic N) is 6. The molecule has 2 atom stereocenters. The van der Waals surface area contributed by atoms with E-state index in [1.807, 2.05) is 13.1 Å². The molecule has 8 rings (SSSR count). The second-order valence-electron chi connectivity index (χ2n) is 13.0. The van der Waals surface area contributed by atoms with E-state index in [2.05, 4.69) is 44.5 Å². The largest absolute Gasteiger partial charge is 0.480 e. The molecule has 2 aliphatic heterocycles. The Morgan fingerprint density at radius 1 is 1.08 bits per heavy atom. The van der Waals surface area contributed by atoms with Crippen LogP contribution in [0.1, 0.15) is 51.5 Å². The van der Waals surface area contributed by atoms with Crippen LogP contribution < -0.4 is 25.2 Å². The SMILES string of the molecule is CNc1nc(NC2C3CCC2CN(c2cnnc(OC)c2)C3)nc2c1C(C)(C)CN2C12CC(C(F)(F)F)(C1)C2. The van der Waals surface area contributed by atoms with Gasteiger partial charge < -0.3 is 25.2 Å². The van der Waals surface area contributed by atoms with Crippen LogP contribution in [-0.4, -0.2) is 71.7 Å². The van der Waals surface area contributed by atoms with Gasteiger partial charge in [0.1, 0.15) is 11.6 Å². The van der Waals surface area contributed by atoms with Crippen molar-refractivity contribution in [2.75, 3.05) is 54.2 Å². The van der Waals surface area contributed by atoms with Crippen molar-refractivity contribution in [1.82, 2.24) is 20.2 Å². The Morgan fingerprint density at radius 3 is 2.38 bits per heavy atom. The number of rotatable bonds is 6. The fourth-order valence-electron chi connectivity index (χ4n) is 8.20. The van der Waals surface area contributed by atoms with Crippen LogP contribution >= 0.6 is 0 Å². The van der Waals surface area contributed by atoms with Crippen LogP contribution in [0.5, 0.6) is 5.88 Å². The van der Waals surface area contributed by atoms with E-state index in [1.165, 1.54) is 0 Å². The molecule has 12 heteroatoms. The first-order valence-corrected chi connectivity index (χ1v) is 13.8. The van der Waals surface area contributed by atoms with Crippen molar-refractivity contribution in [2.45, 2.75) is 69.1 Å². The first-order valence-electron chi connectivity index (χ1n) is 13.8. The van der Waals surface area contributed by atoms with E-state index in [9.17, 15) is 13.2 Å². The Morgan fingerprint density at radius 2 is 1.77 bits per heavy atom. The lowest BCUT2D eigenvalue weighted by molar-refractivity contribution is -0.332. The van der Waals surface area contributed by atoms with Crippen molar-refractivity contribution < 1.29 is 17.9 Å². The number of hydrogen-bond acceptors (Lipinski definition) is 9. The van der Waals surface area contributed by atoms with Crippen molar-refractivity contribution in [3.05, 3.63) is 17.8 Å². The molecule has 4 saturated carbocycles. The van der Waals surface area contributed by atoms with Crippen molar-refractivity contribution in [1.29, 1.82) is 0 Å². The quantitative estimate of drug-likeness (QED) is 0.555. The minimum atomic E-state index is -4.13. The van der Waals surface area contributed by atoms with Gasteiger partial charge in [0.15, 0.2) is 0 Å². The summed E-state index contributed by atoms with van der Waals surface area (Å²) in [6, 6.07) is 2.15. The van der Waals surface area contributed by atoms with Crippen molar-refractivity contribution in [2.24, 2.45) is 17.3 Å². The molecular formula is C27H35F3N8O. The number of piperidine rings is 1. The normalized spacial score (nSPS) is 33.8. The highest BCUT2D eigenvalue weighted by atomic mass is 19.4. The number of fused-ring (bicyclic) bond motifs is 3. The Kier molecular flexibility index (Phi) is 5.12. The van der Waals surface area contributed by atoms with Crippen LogP contribution in [-0.2, 0) is 5.41 Å². The predicted octanol–water partition coefficient (Wildman–Crippen LogP) is 4.23. The van der Waals surface area contributed by atoms with Gasteiger partial charge in [0.25, 0.3) is 0 Å². The van der Waals surface area contributed by atoms with Crippen molar-refractivity contribution in [3.63, 3.8) is 0 Å². The molecule has 0 amide bonds. The highest BCUT2D eigenvalue weighted by Gasteiger charge is 2.81. The summed E-state index contributed by atoms with van der Waals surface area (Å²) in [6.07, 6.45) is 0.365. The molecule has 0 radical (unpaired) electrons. The van der Waals surface area contributed by atoms with E-state index in [1.54, 1.807) is 13.3 Å². The average Bonchev–Trinajstić information content (AvgIpc) is 3.22. The van der Waals surface area contributed by atoms with Gasteiger partial charge in [-0.25, -0.2) is 0 Å². The summed E-state index contributed by atoms with van der Waals surface area (Å²) < 4.78 is 46.2. The first-order chi connectivity index (χ1) is 18.5. The van der Waals surface area contributed by atoms with Crippen LogP contribution in [0.25, 0.3) is 0 Å². The molecular weight excluding hydrogens is 509 g/mol. The molecule has 2 aromatic heterocycles. The van der Waals surface area contributed by atoms with E-state index in [0.29, 0.717) is 30.2 Å². The number of ether oxygens (including phenoxy) is 1. The lowest BCUT2D eigenvalue weighted by atomic mass is 9.38. The lowest BCUT2D eigenvalue weighted by Gasteiger charge is -2.73. The maximum Gasteiger partial charge on any atom is 0.394 e. The predicted molar refractivity (Wildman–Crippen MR) is 141 cm³/mol. The van der Waals surface area contributed by atoms with Gasteiger partial charge in [-0.05, 0) is 43.9 Å². The zero-order valence-corrected chi connectivity index (χ0v) is 22.8. The molecule has 5 fully saturated rings. The molecule has 0 spiro atoms. The molecule has 4 bridgehead atoms. The Hall–Kier alpha value is -3.05. The fraction of sp³-hybridized carbons (Fsp3) is 0.704. The molecule has 2 aromatic rings. The zero-order chi connectivity index (χ0) is 27.4. The third kappa shape index (κ3) is 3.51. The maximum atomic E-state index is 13.6. The van der Waals surface area contributed by atoms with Crippen LogP contribution in [0.2, 0.25) is 0 Å². The van der Waals surface area contributed by atoms with Gasteiger partial charge in [-0.15, -0.1) is 5.10 Å². The van der Waals surface area contributed by atoms with Crippen LogP contribution in [0.3, 0.4) is 0 Å². The number of halogens is 3. The van der Waals surface area contributed by atoms with Gasteiger partial charge in [0.2, 0.25) is 11.8 Å². The van der Waals surface area contributed by atoms with Crippen molar-refractivity contribution in [3.8, 4) is 5.88 Å². The van der Waals surface area contributed by atoms with Gasteiger partial charge >= 0.3 is 6.18 Å². The van der Waals surface area contributed by atoms with E-state index >= 15 is 0 Å². The summed E-state index contributed by atoms with van der Waals surface area (Å²) in [5, 5.41) is 15.0. The number of hydrogen-bond donors (Lipinski definition) is 2. The number of anilines is 4. The van der Waals surface area contributed by atoms with E-state index in [0.717, 1.165) is 48.8 Å². The molecule has 39 heavy (non-hydrogen) atoms. The third-order valence-electron chi connectivity index (χ3n) is 10.1. The summed E-state index contributed by atoms with van der Waals surface area (Å²) >= 11 is 0. The molecule has 0 aromatic carbocycles. The fourth-order valence-corrected chi connectivity index (χ4v) is 8.20. The van der Waals surface area contributed by atoms with E-state index in [4.69, 9.17) is 14.7 Å². The van der Waals surface area contributed by atoms with Crippen LogP contribution in [0.4, 0.5) is 36.4 Å². The van der Waals surface area contributed by atoms with E-state index in [-0.39, 0.29) is 30.7 Å². The summed E-state index contributed by atoms with van der Waals surface area (Å²) in [5.41, 5.74) is -0.202. The van der Waals surface area contributed by atoms with Gasteiger partial charge in [0, 0.05) is 55.3 Å². The van der Waals surface area contributed by atoms with Gasteiger partial charge in [-0.1, -0.05) is 13.8 Å². The van der Waals surface area contributed by atoms with Crippen LogP contribution in [0, 0.1) is 17.3 Å². The molecule has 9 nitrogen and oxygen atoms in total. The minimum absolute atomic E-state index is 0.165. The Balaban J connectivity index is 1.14. The number of aromatic nitrogens is 4. The summed E-state index contributed by atoms with van der Waals surface area (Å²) in [6.45, 7) is 6.68. The minimum Gasteiger partial charge on any atom is -0.480 e. The maximum absolute atomic E-state index is 13.6. The number of methoxy groups -OCH3 is 1. The van der Waals surface area contributed by atoms with E-state index < -0.39 is 17.1 Å². The number of nitrogens with one attached hydrogen (secondary N) is 2.